The van der Waals surface area contributed by atoms with Crippen LogP contribution < -0.4 is 10.1 Å². The molecular formula is C18H18N2O3. The first kappa shape index (κ1) is 15.1. The Kier molecular flexibility index (Phi) is 4.57. The van der Waals surface area contributed by atoms with E-state index in [0.717, 1.165) is 11.8 Å². The fourth-order valence-electron chi connectivity index (χ4n) is 2.32. The van der Waals surface area contributed by atoms with Gasteiger partial charge < -0.3 is 14.6 Å². The molecule has 5 heteroatoms. The van der Waals surface area contributed by atoms with Crippen LogP contribution in [0.25, 0.3) is 11.0 Å². The number of hydrogen-bond acceptors (Lipinski definition) is 4. The second kappa shape index (κ2) is 6.96. The van der Waals surface area contributed by atoms with Crippen LogP contribution in [0.4, 0.5) is 5.69 Å². The van der Waals surface area contributed by atoms with Crippen molar-refractivity contribution in [3.8, 4) is 5.75 Å². The Morgan fingerprint density at radius 2 is 1.96 bits per heavy atom. The molecule has 1 N–H and O–H groups in total. The average molecular weight is 310 g/mol. The standard InChI is InChI=1S/C18H18N2O3/c1-2-11-22-17-10-6-4-8-14(17)19-18(21)12-15-13-7-3-5-9-16(13)23-20-15/h3-10H,2,11-12H2,1H3,(H,19,21). The highest BCUT2D eigenvalue weighted by Crippen LogP contribution is 2.24. The molecule has 5 nitrogen and oxygen atoms in total. The van der Waals surface area contributed by atoms with E-state index < -0.39 is 0 Å². The highest BCUT2D eigenvalue weighted by atomic mass is 16.5. The van der Waals surface area contributed by atoms with Crippen LogP contribution in [-0.2, 0) is 11.2 Å². The van der Waals surface area contributed by atoms with Crippen molar-refractivity contribution in [2.45, 2.75) is 19.8 Å². The lowest BCUT2D eigenvalue weighted by atomic mass is 10.1. The Hall–Kier alpha value is -2.82. The fourth-order valence-corrected chi connectivity index (χ4v) is 2.32. The number of carbonyl (C=O) groups excluding carboxylic acids is 1. The SMILES string of the molecule is CCCOc1ccccc1NC(=O)Cc1noc2ccccc12. The molecular weight excluding hydrogens is 292 g/mol. The molecule has 0 unspecified atom stereocenters. The average Bonchev–Trinajstić information content (AvgIpc) is 2.97. The minimum atomic E-state index is -0.156. The van der Waals surface area contributed by atoms with Gasteiger partial charge in [-0.25, -0.2) is 0 Å². The Morgan fingerprint density at radius 3 is 2.83 bits per heavy atom. The van der Waals surface area contributed by atoms with Crippen LogP contribution in [0, 0.1) is 0 Å². The zero-order valence-electron chi connectivity index (χ0n) is 12.9. The van der Waals surface area contributed by atoms with Crippen LogP contribution in [0.1, 0.15) is 19.0 Å². The van der Waals surface area contributed by atoms with Gasteiger partial charge in [0.25, 0.3) is 0 Å². The number of anilines is 1. The molecule has 0 fully saturated rings. The molecule has 0 radical (unpaired) electrons. The van der Waals surface area contributed by atoms with E-state index in [4.69, 9.17) is 9.26 Å². The third-order valence-corrected chi connectivity index (χ3v) is 3.40. The molecule has 0 saturated heterocycles. The maximum absolute atomic E-state index is 12.3. The van der Waals surface area contributed by atoms with E-state index in [-0.39, 0.29) is 12.3 Å². The second-order valence-corrected chi connectivity index (χ2v) is 5.20. The van der Waals surface area contributed by atoms with Crippen molar-refractivity contribution < 1.29 is 14.1 Å². The van der Waals surface area contributed by atoms with Crippen LogP contribution in [-0.4, -0.2) is 17.7 Å². The molecule has 0 aliphatic rings. The number of fused-ring (bicyclic) bond motifs is 1. The molecule has 0 atom stereocenters. The minimum absolute atomic E-state index is 0.152. The monoisotopic (exact) mass is 310 g/mol. The van der Waals surface area contributed by atoms with Gasteiger partial charge in [0.05, 0.1) is 18.7 Å². The van der Waals surface area contributed by atoms with Crippen molar-refractivity contribution in [2.24, 2.45) is 0 Å². The Labute approximate surface area is 134 Å². The van der Waals surface area contributed by atoms with Crippen molar-refractivity contribution in [3.63, 3.8) is 0 Å². The topological polar surface area (TPSA) is 64.4 Å². The van der Waals surface area contributed by atoms with Gasteiger partial charge in [-0.05, 0) is 30.7 Å². The lowest BCUT2D eigenvalue weighted by molar-refractivity contribution is -0.115. The maximum Gasteiger partial charge on any atom is 0.230 e. The summed E-state index contributed by atoms with van der Waals surface area (Å²) in [4.78, 5) is 12.3. The summed E-state index contributed by atoms with van der Waals surface area (Å²) < 4.78 is 10.9. The molecule has 1 aromatic heterocycles. The van der Waals surface area contributed by atoms with Gasteiger partial charge >= 0.3 is 0 Å². The number of nitrogens with one attached hydrogen (secondary N) is 1. The summed E-state index contributed by atoms with van der Waals surface area (Å²) in [6.45, 7) is 2.65. The normalized spacial score (nSPS) is 10.7. The number of benzene rings is 2. The van der Waals surface area contributed by atoms with E-state index in [1.165, 1.54) is 0 Å². The van der Waals surface area contributed by atoms with E-state index in [2.05, 4.69) is 10.5 Å². The van der Waals surface area contributed by atoms with Crippen LogP contribution in [0.5, 0.6) is 5.75 Å². The minimum Gasteiger partial charge on any atom is -0.491 e. The zero-order chi connectivity index (χ0) is 16.1. The van der Waals surface area contributed by atoms with E-state index in [1.54, 1.807) is 0 Å². The Balaban J connectivity index is 1.72. The highest BCUT2D eigenvalue weighted by Gasteiger charge is 2.13. The summed E-state index contributed by atoms with van der Waals surface area (Å²) in [7, 11) is 0. The summed E-state index contributed by atoms with van der Waals surface area (Å²) in [5.41, 5.74) is 1.98. The van der Waals surface area contributed by atoms with Crippen molar-refractivity contribution >= 4 is 22.6 Å². The fraction of sp³-hybridized carbons (Fsp3) is 0.222. The van der Waals surface area contributed by atoms with E-state index in [1.807, 2.05) is 55.5 Å². The van der Waals surface area contributed by atoms with E-state index >= 15 is 0 Å². The van der Waals surface area contributed by atoms with Gasteiger partial charge in [0, 0.05) is 5.39 Å². The largest absolute Gasteiger partial charge is 0.491 e. The van der Waals surface area contributed by atoms with Crippen molar-refractivity contribution in [1.29, 1.82) is 0 Å². The van der Waals surface area contributed by atoms with Gasteiger partial charge in [-0.2, -0.15) is 0 Å². The molecule has 3 rings (SSSR count). The lowest BCUT2D eigenvalue weighted by Gasteiger charge is -2.11. The van der Waals surface area contributed by atoms with Crippen LogP contribution in [0.3, 0.4) is 0 Å². The molecule has 0 aliphatic heterocycles. The van der Waals surface area contributed by atoms with Gasteiger partial charge in [-0.3, -0.25) is 4.79 Å². The van der Waals surface area contributed by atoms with Crippen molar-refractivity contribution in [1.82, 2.24) is 5.16 Å². The van der Waals surface area contributed by atoms with Gasteiger partial charge in [0.15, 0.2) is 5.58 Å². The van der Waals surface area contributed by atoms with Crippen LogP contribution in [0.15, 0.2) is 53.1 Å². The predicted octanol–water partition coefficient (Wildman–Crippen LogP) is 3.80. The smallest absolute Gasteiger partial charge is 0.230 e. The number of aromatic nitrogens is 1. The molecule has 1 heterocycles. The second-order valence-electron chi connectivity index (χ2n) is 5.20. The maximum atomic E-state index is 12.3. The van der Waals surface area contributed by atoms with Gasteiger partial charge in [-0.15, -0.1) is 0 Å². The van der Waals surface area contributed by atoms with Crippen LogP contribution in [0.2, 0.25) is 0 Å². The van der Waals surface area contributed by atoms with Gasteiger partial charge in [0.1, 0.15) is 11.4 Å². The number of amides is 1. The number of hydrogen-bond donors (Lipinski definition) is 1. The highest BCUT2D eigenvalue weighted by molar-refractivity contribution is 5.95. The number of nitrogens with zero attached hydrogens (tertiary/aromatic N) is 1. The molecule has 0 bridgehead atoms. The van der Waals surface area contributed by atoms with Gasteiger partial charge in [-0.1, -0.05) is 36.3 Å². The lowest BCUT2D eigenvalue weighted by Crippen LogP contribution is -2.15. The first-order valence-corrected chi connectivity index (χ1v) is 7.63. The quantitative estimate of drug-likeness (QED) is 0.752. The summed E-state index contributed by atoms with van der Waals surface area (Å²) in [5.74, 6) is 0.518. The van der Waals surface area contributed by atoms with E-state index in [0.29, 0.717) is 29.3 Å². The third-order valence-electron chi connectivity index (χ3n) is 3.40. The Morgan fingerprint density at radius 1 is 1.17 bits per heavy atom. The molecule has 118 valence electrons. The van der Waals surface area contributed by atoms with Gasteiger partial charge in [0.2, 0.25) is 5.91 Å². The Bertz CT molecular complexity index is 811. The van der Waals surface area contributed by atoms with Crippen molar-refractivity contribution in [3.05, 3.63) is 54.2 Å². The molecule has 23 heavy (non-hydrogen) atoms. The molecule has 0 saturated carbocycles. The molecule has 0 spiro atoms. The number of carbonyl (C=O) groups is 1. The molecule has 2 aromatic carbocycles. The van der Waals surface area contributed by atoms with Crippen molar-refractivity contribution in [2.75, 3.05) is 11.9 Å². The van der Waals surface area contributed by atoms with E-state index in [9.17, 15) is 4.79 Å². The molecule has 3 aromatic rings. The number of ether oxygens (including phenoxy) is 1. The van der Waals surface area contributed by atoms with Crippen LogP contribution >= 0.6 is 0 Å². The summed E-state index contributed by atoms with van der Waals surface area (Å²) >= 11 is 0. The number of para-hydroxylation sites is 3. The summed E-state index contributed by atoms with van der Waals surface area (Å²) in [6.07, 6.45) is 1.06. The number of rotatable bonds is 6. The summed E-state index contributed by atoms with van der Waals surface area (Å²) in [5, 5.41) is 7.72. The zero-order valence-corrected chi connectivity index (χ0v) is 12.9. The predicted molar refractivity (Wildman–Crippen MR) is 88.6 cm³/mol. The first-order chi connectivity index (χ1) is 11.3. The summed E-state index contributed by atoms with van der Waals surface area (Å²) in [6, 6.07) is 14.9. The molecule has 0 aliphatic carbocycles. The first-order valence-electron chi connectivity index (χ1n) is 7.63. The third kappa shape index (κ3) is 3.51. The molecule has 1 amide bonds.